The fraction of sp³-hybridized carbons (Fsp3) is 0.125. The average Bonchev–Trinajstić information content (AvgIpc) is 2.56. The Kier molecular flexibility index (Phi) is 5.78. The summed E-state index contributed by atoms with van der Waals surface area (Å²) in [6, 6.07) is 15.0. The molecule has 0 radical (unpaired) electrons. The number of benzene rings is 2. The number of para-hydroxylation sites is 1. The Bertz CT molecular complexity index is 749. The summed E-state index contributed by atoms with van der Waals surface area (Å²) in [5, 5.41) is 11.3. The van der Waals surface area contributed by atoms with E-state index in [-0.39, 0.29) is 10.9 Å². The van der Waals surface area contributed by atoms with Gasteiger partial charge < -0.3 is 9.64 Å². The van der Waals surface area contributed by atoms with E-state index in [9.17, 15) is 10.1 Å². The summed E-state index contributed by atoms with van der Waals surface area (Å²) in [7, 11) is 3.57. The monoisotopic (exact) mass is 361 g/mol. The van der Waals surface area contributed by atoms with E-state index in [1.807, 2.05) is 18.2 Å². The number of anilines is 1. The number of non-ortho nitro benzene ring substituents is 1. The first-order valence-corrected chi connectivity index (χ1v) is 7.74. The molecule has 0 unspecified atom stereocenters. The second-order valence-corrected chi connectivity index (χ2v) is 5.68. The zero-order valence-corrected chi connectivity index (χ0v) is 14.7. The predicted molar refractivity (Wildman–Crippen MR) is 102 cm³/mol. The van der Waals surface area contributed by atoms with Gasteiger partial charge in [-0.2, -0.15) is 0 Å². The van der Waals surface area contributed by atoms with Crippen LogP contribution in [0.15, 0.2) is 54.6 Å². The number of nitro groups is 1. The van der Waals surface area contributed by atoms with Crippen LogP contribution in [-0.2, 0) is 0 Å². The molecule has 0 bridgehead atoms. The van der Waals surface area contributed by atoms with Crippen molar-refractivity contribution < 1.29 is 9.66 Å². The smallest absolute Gasteiger partial charge is 0.275 e. The fourth-order valence-electron chi connectivity index (χ4n) is 1.85. The zero-order valence-electron chi connectivity index (χ0n) is 13.1. The zero-order chi connectivity index (χ0) is 17.7. The summed E-state index contributed by atoms with van der Waals surface area (Å²) in [6.07, 6.45) is 0. The first-order valence-electron chi connectivity index (χ1n) is 6.93. The number of ether oxygens (including phenoxy) is 1. The summed E-state index contributed by atoms with van der Waals surface area (Å²) >= 11 is 10.8. The first kappa shape index (κ1) is 17.8. The highest BCUT2D eigenvalue weighted by Gasteiger charge is 2.21. The van der Waals surface area contributed by atoms with Gasteiger partial charge in [0.05, 0.1) is 10.6 Å². The largest absolute Gasteiger partial charge is 0.431 e. The molecule has 8 heteroatoms. The third-order valence-corrected chi connectivity index (χ3v) is 3.84. The highest BCUT2D eigenvalue weighted by molar-refractivity contribution is 7.82. The summed E-state index contributed by atoms with van der Waals surface area (Å²) in [5.41, 5.74) is 0.574. The van der Waals surface area contributed by atoms with Crippen molar-refractivity contribution in [2.24, 2.45) is 0 Å². The molecule has 24 heavy (non-hydrogen) atoms. The van der Waals surface area contributed by atoms with Gasteiger partial charge in [-0.15, -0.1) is 0 Å². The molecule has 0 aliphatic rings. The second kappa shape index (κ2) is 7.80. The van der Waals surface area contributed by atoms with E-state index in [0.29, 0.717) is 16.5 Å². The van der Waals surface area contributed by atoms with E-state index in [4.69, 9.17) is 29.2 Å². The minimum Gasteiger partial charge on any atom is -0.431 e. The van der Waals surface area contributed by atoms with Crippen molar-refractivity contribution in [1.29, 1.82) is 0 Å². The topological polar surface area (TPSA) is 58.8 Å². The Balaban J connectivity index is 2.32. The number of hydrogen-bond acceptors (Lipinski definition) is 5. The molecule has 6 nitrogen and oxygen atoms in total. The number of hydrogen-bond donors (Lipinski definition) is 0. The molecule has 2 rings (SSSR count). The lowest BCUT2D eigenvalue weighted by molar-refractivity contribution is -0.384. The number of thiocarbonyl (C=S) groups is 2. The van der Waals surface area contributed by atoms with Gasteiger partial charge in [-0.3, -0.25) is 10.1 Å². The molecule has 124 valence electrons. The van der Waals surface area contributed by atoms with Crippen molar-refractivity contribution in [2.75, 3.05) is 19.0 Å². The average molecular weight is 361 g/mol. The van der Waals surface area contributed by atoms with Crippen LogP contribution in [0.25, 0.3) is 0 Å². The third-order valence-electron chi connectivity index (χ3n) is 3.02. The molecule has 0 aliphatic carbocycles. The van der Waals surface area contributed by atoms with Gasteiger partial charge in [0.15, 0.2) is 5.11 Å². The van der Waals surface area contributed by atoms with E-state index in [2.05, 4.69) is 0 Å². The Labute approximate surface area is 150 Å². The molecular formula is C16H15N3O3S2. The first-order chi connectivity index (χ1) is 11.4. The van der Waals surface area contributed by atoms with Crippen LogP contribution in [0.5, 0.6) is 5.75 Å². The van der Waals surface area contributed by atoms with Crippen LogP contribution in [-0.4, -0.2) is 34.2 Å². The molecule has 0 saturated heterocycles. The van der Waals surface area contributed by atoms with Crippen molar-refractivity contribution >= 4 is 46.1 Å². The van der Waals surface area contributed by atoms with Crippen LogP contribution in [0.3, 0.4) is 0 Å². The van der Waals surface area contributed by atoms with Gasteiger partial charge in [-0.05, 0) is 48.7 Å². The molecule has 0 atom stereocenters. The van der Waals surface area contributed by atoms with Gasteiger partial charge in [0.25, 0.3) is 10.9 Å². The van der Waals surface area contributed by atoms with E-state index >= 15 is 0 Å². The summed E-state index contributed by atoms with van der Waals surface area (Å²) in [6.45, 7) is 0. The van der Waals surface area contributed by atoms with Crippen LogP contribution >= 0.6 is 24.4 Å². The third kappa shape index (κ3) is 4.24. The summed E-state index contributed by atoms with van der Waals surface area (Å²) < 4.78 is 5.69. The highest BCUT2D eigenvalue weighted by Crippen LogP contribution is 2.22. The lowest BCUT2D eigenvalue weighted by Crippen LogP contribution is -2.44. The molecule has 0 heterocycles. The number of rotatable bonds is 3. The van der Waals surface area contributed by atoms with Gasteiger partial charge in [0.2, 0.25) is 0 Å². The van der Waals surface area contributed by atoms with Gasteiger partial charge in [-0.1, -0.05) is 18.2 Å². The second-order valence-electron chi connectivity index (χ2n) is 4.97. The maximum Gasteiger partial charge on any atom is 0.275 e. The maximum atomic E-state index is 10.8. The van der Waals surface area contributed by atoms with Gasteiger partial charge in [0.1, 0.15) is 5.75 Å². The molecule has 0 spiro atoms. The molecule has 2 aromatic carbocycles. The normalized spacial score (nSPS) is 9.92. The minimum absolute atomic E-state index is 0.00984. The SMILES string of the molecule is CN(C)C(=S)N(C(=S)Oc1ccccc1)c1ccc([N+](=O)[O-])cc1. The van der Waals surface area contributed by atoms with Crippen LogP contribution in [0.1, 0.15) is 0 Å². The Morgan fingerprint density at radius 2 is 1.62 bits per heavy atom. The number of nitro benzene ring substituents is 1. The van der Waals surface area contributed by atoms with E-state index < -0.39 is 4.92 Å². The lowest BCUT2D eigenvalue weighted by atomic mass is 10.2. The van der Waals surface area contributed by atoms with Crippen LogP contribution < -0.4 is 9.64 Å². The molecule has 2 aromatic rings. The molecular weight excluding hydrogens is 346 g/mol. The molecule has 0 fully saturated rings. The van der Waals surface area contributed by atoms with Crippen molar-refractivity contribution in [1.82, 2.24) is 4.90 Å². The summed E-state index contributed by atoms with van der Waals surface area (Å²) in [5.74, 6) is 0.580. The van der Waals surface area contributed by atoms with Crippen LogP contribution in [0.2, 0.25) is 0 Å². The van der Waals surface area contributed by atoms with Crippen molar-refractivity contribution in [3.8, 4) is 5.75 Å². The molecule has 0 aromatic heterocycles. The molecule has 0 aliphatic heterocycles. The predicted octanol–water partition coefficient (Wildman–Crippen LogP) is 3.61. The summed E-state index contributed by atoms with van der Waals surface area (Å²) in [4.78, 5) is 13.6. The minimum atomic E-state index is -0.461. The highest BCUT2D eigenvalue weighted by atomic mass is 32.1. The standard InChI is InChI=1S/C16H15N3O3S2/c1-17(2)15(23)18(12-8-10-13(11-9-12)19(20)21)16(24)22-14-6-4-3-5-7-14/h3-11H,1-2H3. The van der Waals surface area contributed by atoms with Gasteiger partial charge in [0, 0.05) is 26.2 Å². The van der Waals surface area contributed by atoms with Crippen molar-refractivity contribution in [3.63, 3.8) is 0 Å². The van der Waals surface area contributed by atoms with Crippen LogP contribution in [0.4, 0.5) is 11.4 Å². The Hall–Kier alpha value is -2.58. The van der Waals surface area contributed by atoms with Gasteiger partial charge in [-0.25, -0.2) is 4.90 Å². The van der Waals surface area contributed by atoms with E-state index in [1.165, 1.54) is 12.1 Å². The van der Waals surface area contributed by atoms with Crippen molar-refractivity contribution in [3.05, 3.63) is 64.7 Å². The fourth-order valence-corrected chi connectivity index (χ4v) is 2.39. The molecule has 0 N–H and O–H groups in total. The maximum absolute atomic E-state index is 10.8. The van der Waals surface area contributed by atoms with Crippen molar-refractivity contribution in [2.45, 2.75) is 0 Å². The quantitative estimate of drug-likeness (QED) is 0.470. The lowest BCUT2D eigenvalue weighted by Gasteiger charge is -2.28. The molecule has 0 amide bonds. The Morgan fingerprint density at radius 1 is 1.04 bits per heavy atom. The number of nitrogens with zero attached hydrogens (tertiary/aromatic N) is 3. The van der Waals surface area contributed by atoms with Crippen LogP contribution in [0, 0.1) is 10.1 Å². The Morgan fingerprint density at radius 3 is 2.12 bits per heavy atom. The van der Waals surface area contributed by atoms with E-state index in [1.54, 1.807) is 48.2 Å². The van der Waals surface area contributed by atoms with E-state index in [0.717, 1.165) is 0 Å². The van der Waals surface area contributed by atoms with Gasteiger partial charge >= 0.3 is 0 Å². The molecule has 0 saturated carbocycles.